The number of ether oxygens (including phenoxy) is 1. The predicted molar refractivity (Wildman–Crippen MR) is 69.4 cm³/mol. The molecule has 0 spiro atoms. The summed E-state index contributed by atoms with van der Waals surface area (Å²) < 4.78 is 7.69. The molecule has 0 bridgehead atoms. The standard InChI is InChI=1S/C13H18N4O/c1-18-10(7-14)6-13-16-11-8-15-5-4-12(11)17(13)9-2-3-9/h4-5,8-10H,2-3,6-7,14H2,1H3. The van der Waals surface area contributed by atoms with E-state index in [1.807, 2.05) is 18.5 Å². The lowest BCUT2D eigenvalue weighted by Crippen LogP contribution is -2.26. The molecule has 2 aromatic heterocycles. The molecule has 0 aromatic carbocycles. The average Bonchev–Trinajstić information content (AvgIpc) is 3.17. The number of imidazole rings is 1. The van der Waals surface area contributed by atoms with Crippen LogP contribution in [0.5, 0.6) is 0 Å². The smallest absolute Gasteiger partial charge is 0.112 e. The van der Waals surface area contributed by atoms with Crippen LogP contribution in [-0.4, -0.2) is 34.3 Å². The lowest BCUT2D eigenvalue weighted by molar-refractivity contribution is 0.107. The van der Waals surface area contributed by atoms with E-state index >= 15 is 0 Å². The van der Waals surface area contributed by atoms with Gasteiger partial charge in [0, 0.05) is 32.3 Å². The molecule has 1 aliphatic carbocycles. The van der Waals surface area contributed by atoms with Gasteiger partial charge in [-0.3, -0.25) is 4.98 Å². The van der Waals surface area contributed by atoms with Crippen molar-refractivity contribution < 1.29 is 4.74 Å². The summed E-state index contributed by atoms with van der Waals surface area (Å²) in [6.45, 7) is 0.516. The summed E-state index contributed by atoms with van der Waals surface area (Å²) in [5.74, 6) is 1.07. The van der Waals surface area contributed by atoms with E-state index in [0.717, 1.165) is 17.8 Å². The SMILES string of the molecule is COC(CN)Cc1nc2cnccc2n1C1CC1. The van der Waals surface area contributed by atoms with Crippen molar-refractivity contribution in [3.8, 4) is 0 Å². The summed E-state index contributed by atoms with van der Waals surface area (Å²) in [7, 11) is 1.70. The van der Waals surface area contributed by atoms with E-state index in [4.69, 9.17) is 10.5 Å². The van der Waals surface area contributed by atoms with Crippen LogP contribution in [0.4, 0.5) is 0 Å². The second kappa shape index (κ2) is 4.66. The van der Waals surface area contributed by atoms with Gasteiger partial charge >= 0.3 is 0 Å². The average molecular weight is 246 g/mol. The topological polar surface area (TPSA) is 66.0 Å². The highest BCUT2D eigenvalue weighted by Crippen LogP contribution is 2.38. The third-order valence-electron chi connectivity index (χ3n) is 3.48. The van der Waals surface area contributed by atoms with Gasteiger partial charge < -0.3 is 15.0 Å². The number of rotatable bonds is 5. The van der Waals surface area contributed by atoms with Crippen molar-refractivity contribution >= 4 is 11.0 Å². The van der Waals surface area contributed by atoms with Gasteiger partial charge in [0.15, 0.2) is 0 Å². The van der Waals surface area contributed by atoms with Gasteiger partial charge in [0.25, 0.3) is 0 Å². The minimum Gasteiger partial charge on any atom is -0.380 e. The van der Waals surface area contributed by atoms with Crippen LogP contribution in [0.25, 0.3) is 11.0 Å². The van der Waals surface area contributed by atoms with Crippen LogP contribution in [0.2, 0.25) is 0 Å². The molecule has 3 rings (SSSR count). The van der Waals surface area contributed by atoms with Gasteiger partial charge in [-0.1, -0.05) is 0 Å². The van der Waals surface area contributed by atoms with E-state index < -0.39 is 0 Å². The first kappa shape index (κ1) is 11.6. The molecule has 5 heteroatoms. The van der Waals surface area contributed by atoms with Crippen molar-refractivity contribution in [1.29, 1.82) is 0 Å². The Balaban J connectivity index is 2.01. The number of nitrogens with two attached hydrogens (primary N) is 1. The Labute approximate surface area is 106 Å². The molecule has 1 aliphatic rings. The number of hydrogen-bond donors (Lipinski definition) is 1. The molecule has 18 heavy (non-hydrogen) atoms. The number of aromatic nitrogens is 3. The van der Waals surface area contributed by atoms with Crippen LogP contribution in [-0.2, 0) is 11.2 Å². The van der Waals surface area contributed by atoms with Gasteiger partial charge in [-0.05, 0) is 18.9 Å². The Morgan fingerprint density at radius 2 is 2.39 bits per heavy atom. The fourth-order valence-corrected chi connectivity index (χ4v) is 2.35. The Bertz CT molecular complexity index is 543. The third-order valence-corrected chi connectivity index (χ3v) is 3.48. The van der Waals surface area contributed by atoms with Crippen LogP contribution in [0.1, 0.15) is 24.7 Å². The zero-order valence-electron chi connectivity index (χ0n) is 10.5. The Morgan fingerprint density at radius 3 is 3.06 bits per heavy atom. The monoisotopic (exact) mass is 246 g/mol. The third kappa shape index (κ3) is 2.00. The Kier molecular flexibility index (Phi) is 3.01. The second-order valence-corrected chi connectivity index (χ2v) is 4.79. The summed E-state index contributed by atoms with van der Waals surface area (Å²) >= 11 is 0. The maximum atomic E-state index is 5.69. The number of fused-ring (bicyclic) bond motifs is 1. The lowest BCUT2D eigenvalue weighted by atomic mass is 10.2. The summed E-state index contributed by atoms with van der Waals surface area (Å²) in [6.07, 6.45) is 6.92. The first-order valence-electron chi connectivity index (χ1n) is 6.37. The van der Waals surface area contributed by atoms with Crippen molar-refractivity contribution in [2.75, 3.05) is 13.7 Å². The normalized spacial score (nSPS) is 17.2. The van der Waals surface area contributed by atoms with Crippen LogP contribution in [0.15, 0.2) is 18.5 Å². The molecule has 0 aliphatic heterocycles. The molecular weight excluding hydrogens is 228 g/mol. The summed E-state index contributed by atoms with van der Waals surface area (Å²) in [4.78, 5) is 8.81. The molecule has 96 valence electrons. The van der Waals surface area contributed by atoms with Crippen molar-refractivity contribution in [2.45, 2.75) is 31.4 Å². The maximum absolute atomic E-state index is 5.69. The summed E-state index contributed by atoms with van der Waals surface area (Å²) in [6, 6.07) is 2.64. The van der Waals surface area contributed by atoms with E-state index in [9.17, 15) is 0 Å². The van der Waals surface area contributed by atoms with Crippen LogP contribution >= 0.6 is 0 Å². The van der Waals surface area contributed by atoms with Crippen molar-refractivity contribution in [3.63, 3.8) is 0 Å². The zero-order chi connectivity index (χ0) is 12.5. The van der Waals surface area contributed by atoms with Gasteiger partial charge in [0.1, 0.15) is 11.3 Å². The van der Waals surface area contributed by atoms with E-state index in [1.165, 1.54) is 18.4 Å². The van der Waals surface area contributed by atoms with Gasteiger partial charge in [0.2, 0.25) is 0 Å². The van der Waals surface area contributed by atoms with Gasteiger partial charge in [0.05, 0.1) is 17.8 Å². The van der Waals surface area contributed by atoms with Crippen molar-refractivity contribution in [3.05, 3.63) is 24.3 Å². The highest BCUT2D eigenvalue weighted by Gasteiger charge is 2.28. The van der Waals surface area contributed by atoms with Crippen molar-refractivity contribution in [1.82, 2.24) is 14.5 Å². The highest BCUT2D eigenvalue weighted by atomic mass is 16.5. The maximum Gasteiger partial charge on any atom is 0.112 e. The molecule has 1 fully saturated rings. The molecule has 1 saturated carbocycles. The first-order chi connectivity index (χ1) is 8.83. The zero-order valence-corrected chi connectivity index (χ0v) is 10.5. The lowest BCUT2D eigenvalue weighted by Gasteiger charge is -2.14. The van der Waals surface area contributed by atoms with Crippen molar-refractivity contribution in [2.24, 2.45) is 5.73 Å². The minimum atomic E-state index is 0.0345. The van der Waals surface area contributed by atoms with Crippen LogP contribution in [0.3, 0.4) is 0 Å². The number of hydrogen-bond acceptors (Lipinski definition) is 4. The Hall–Kier alpha value is -1.46. The molecule has 0 saturated heterocycles. The van der Waals surface area contributed by atoms with E-state index in [2.05, 4.69) is 14.5 Å². The molecule has 5 nitrogen and oxygen atoms in total. The van der Waals surface area contributed by atoms with Gasteiger partial charge in [-0.15, -0.1) is 0 Å². The first-order valence-corrected chi connectivity index (χ1v) is 6.37. The molecule has 2 heterocycles. The van der Waals surface area contributed by atoms with Gasteiger partial charge in [-0.25, -0.2) is 4.98 Å². The molecule has 0 amide bonds. The predicted octanol–water partition coefficient (Wildman–Crippen LogP) is 1.28. The second-order valence-electron chi connectivity index (χ2n) is 4.79. The summed E-state index contributed by atoms with van der Waals surface area (Å²) in [5, 5.41) is 0. The molecule has 2 N–H and O–H groups in total. The van der Waals surface area contributed by atoms with Crippen LogP contribution in [0, 0.1) is 0 Å². The molecule has 0 radical (unpaired) electrons. The van der Waals surface area contributed by atoms with E-state index in [1.54, 1.807) is 7.11 Å². The highest BCUT2D eigenvalue weighted by molar-refractivity contribution is 5.75. The quantitative estimate of drug-likeness (QED) is 0.863. The fourth-order valence-electron chi connectivity index (χ4n) is 2.35. The van der Waals surface area contributed by atoms with Crippen LogP contribution < -0.4 is 5.73 Å². The Morgan fingerprint density at radius 1 is 1.56 bits per heavy atom. The summed E-state index contributed by atoms with van der Waals surface area (Å²) in [5.41, 5.74) is 7.83. The van der Waals surface area contributed by atoms with Gasteiger partial charge in [-0.2, -0.15) is 0 Å². The number of pyridine rings is 1. The molecule has 2 aromatic rings. The molecule has 1 unspecified atom stereocenters. The largest absolute Gasteiger partial charge is 0.380 e. The number of nitrogens with zero attached hydrogens (tertiary/aromatic N) is 3. The van der Waals surface area contributed by atoms with E-state index in [-0.39, 0.29) is 6.10 Å². The molecule has 1 atom stereocenters. The molecular formula is C13H18N4O. The fraction of sp³-hybridized carbons (Fsp3) is 0.538. The minimum absolute atomic E-state index is 0.0345. The number of methoxy groups -OCH3 is 1. The van der Waals surface area contributed by atoms with E-state index in [0.29, 0.717) is 12.6 Å².